The van der Waals surface area contributed by atoms with Crippen molar-refractivity contribution in [1.29, 1.82) is 0 Å². The Morgan fingerprint density at radius 1 is 1.52 bits per heavy atom. The molecular formula is C15H21N3O2S. The number of amides is 1. The first-order valence-corrected chi connectivity index (χ1v) is 7.45. The quantitative estimate of drug-likeness (QED) is 0.777. The average Bonchev–Trinajstić information content (AvgIpc) is 2.99. The third-order valence-electron chi connectivity index (χ3n) is 3.69. The van der Waals surface area contributed by atoms with Crippen LogP contribution in [0.1, 0.15) is 18.4 Å². The lowest BCUT2D eigenvalue weighted by Gasteiger charge is -2.22. The molecule has 3 N–H and O–H groups in total. The van der Waals surface area contributed by atoms with Crippen molar-refractivity contribution in [1.82, 2.24) is 4.90 Å². The van der Waals surface area contributed by atoms with Gasteiger partial charge in [0.1, 0.15) is 4.99 Å². The number of nitrogens with one attached hydrogen (secondary N) is 1. The van der Waals surface area contributed by atoms with Gasteiger partial charge >= 0.3 is 0 Å². The highest BCUT2D eigenvalue weighted by Gasteiger charge is 2.20. The van der Waals surface area contributed by atoms with E-state index in [1.165, 1.54) is 0 Å². The van der Waals surface area contributed by atoms with Crippen LogP contribution < -0.4 is 11.1 Å². The summed E-state index contributed by atoms with van der Waals surface area (Å²) in [4.78, 5) is 14.5. The number of likely N-dealkylation sites (N-methyl/N-ethyl adjacent to an activating group) is 1. The molecule has 0 aliphatic carbocycles. The summed E-state index contributed by atoms with van der Waals surface area (Å²) >= 11 is 4.99. The molecule has 1 amide bonds. The van der Waals surface area contributed by atoms with Crippen LogP contribution in [0, 0.1) is 0 Å². The van der Waals surface area contributed by atoms with Crippen LogP contribution in [0.25, 0.3) is 0 Å². The second-order valence-electron chi connectivity index (χ2n) is 5.21. The molecule has 21 heavy (non-hydrogen) atoms. The van der Waals surface area contributed by atoms with Crippen molar-refractivity contribution in [2.24, 2.45) is 5.73 Å². The van der Waals surface area contributed by atoms with Crippen LogP contribution in [0.4, 0.5) is 5.69 Å². The van der Waals surface area contributed by atoms with E-state index in [9.17, 15) is 4.79 Å². The number of carbonyl (C=O) groups is 1. The second-order valence-corrected chi connectivity index (χ2v) is 5.65. The van der Waals surface area contributed by atoms with Gasteiger partial charge < -0.3 is 20.7 Å². The molecule has 1 aromatic rings. The number of benzene rings is 1. The monoisotopic (exact) mass is 307 g/mol. The lowest BCUT2D eigenvalue weighted by atomic mass is 10.1. The van der Waals surface area contributed by atoms with E-state index in [0.29, 0.717) is 30.3 Å². The molecule has 2 rings (SSSR count). The minimum atomic E-state index is -0.0375. The van der Waals surface area contributed by atoms with Gasteiger partial charge in [0.2, 0.25) is 5.91 Å². The molecule has 1 unspecified atom stereocenters. The highest BCUT2D eigenvalue weighted by atomic mass is 32.1. The molecule has 5 nitrogen and oxygen atoms in total. The molecule has 1 atom stereocenters. The minimum absolute atomic E-state index is 0.0375. The van der Waals surface area contributed by atoms with Crippen LogP contribution >= 0.6 is 12.2 Å². The predicted octanol–water partition coefficient (Wildman–Crippen LogP) is 1.37. The molecule has 6 heteroatoms. The van der Waals surface area contributed by atoms with Gasteiger partial charge in [0, 0.05) is 31.2 Å². The van der Waals surface area contributed by atoms with E-state index in [2.05, 4.69) is 10.2 Å². The SMILES string of the molecule is CN(CCC(=O)Nc1ccccc1C(N)=S)C1CCOC1. The van der Waals surface area contributed by atoms with E-state index in [-0.39, 0.29) is 10.9 Å². The van der Waals surface area contributed by atoms with Crippen molar-refractivity contribution in [2.45, 2.75) is 18.9 Å². The summed E-state index contributed by atoms with van der Waals surface area (Å²) in [6, 6.07) is 7.72. The highest BCUT2D eigenvalue weighted by molar-refractivity contribution is 7.80. The number of nitrogens with zero attached hydrogens (tertiary/aromatic N) is 1. The first-order valence-electron chi connectivity index (χ1n) is 7.04. The van der Waals surface area contributed by atoms with E-state index in [4.69, 9.17) is 22.7 Å². The molecule has 0 saturated carbocycles. The summed E-state index contributed by atoms with van der Waals surface area (Å²) in [5.74, 6) is -0.0375. The molecule has 0 spiro atoms. The Morgan fingerprint density at radius 3 is 2.95 bits per heavy atom. The molecule has 0 aromatic heterocycles. The number of hydrogen-bond acceptors (Lipinski definition) is 4. The number of ether oxygens (including phenoxy) is 1. The third-order valence-corrected chi connectivity index (χ3v) is 3.91. The van der Waals surface area contributed by atoms with Crippen LogP contribution in [-0.4, -0.2) is 48.6 Å². The Morgan fingerprint density at radius 2 is 2.29 bits per heavy atom. The smallest absolute Gasteiger partial charge is 0.225 e. The molecule has 1 aliphatic heterocycles. The van der Waals surface area contributed by atoms with Crippen LogP contribution in [0.3, 0.4) is 0 Å². The lowest BCUT2D eigenvalue weighted by molar-refractivity contribution is -0.116. The Hall–Kier alpha value is -1.50. The largest absolute Gasteiger partial charge is 0.389 e. The fourth-order valence-corrected chi connectivity index (χ4v) is 2.53. The maximum absolute atomic E-state index is 12.1. The van der Waals surface area contributed by atoms with E-state index in [0.717, 1.165) is 19.6 Å². The number of rotatable bonds is 6. The second kappa shape index (κ2) is 7.49. The van der Waals surface area contributed by atoms with Crippen LogP contribution in [0.5, 0.6) is 0 Å². The molecule has 1 aromatic carbocycles. The number of anilines is 1. The van der Waals surface area contributed by atoms with Gasteiger partial charge in [-0.3, -0.25) is 4.79 Å². The Bertz CT molecular complexity index is 515. The van der Waals surface area contributed by atoms with Gasteiger partial charge in [0.05, 0.1) is 12.3 Å². The fourth-order valence-electron chi connectivity index (χ4n) is 2.35. The van der Waals surface area contributed by atoms with Crippen LogP contribution in [0.2, 0.25) is 0 Å². The predicted molar refractivity (Wildman–Crippen MR) is 87.4 cm³/mol. The van der Waals surface area contributed by atoms with Crippen molar-refractivity contribution < 1.29 is 9.53 Å². The number of carbonyl (C=O) groups excluding carboxylic acids is 1. The van der Waals surface area contributed by atoms with Crippen molar-refractivity contribution in [3.63, 3.8) is 0 Å². The molecule has 1 heterocycles. The molecule has 0 bridgehead atoms. The minimum Gasteiger partial charge on any atom is -0.389 e. The van der Waals surface area contributed by atoms with Crippen molar-refractivity contribution in [2.75, 3.05) is 32.1 Å². The number of thiocarbonyl (C=S) groups is 1. The standard InChI is InChI=1S/C15H21N3O2S/c1-18(11-7-9-20-10-11)8-6-14(19)17-13-5-3-2-4-12(13)15(16)21/h2-5,11H,6-10H2,1H3,(H2,16,21)(H,17,19). The zero-order valence-corrected chi connectivity index (χ0v) is 13.0. The van der Waals surface area contributed by atoms with Crippen LogP contribution in [-0.2, 0) is 9.53 Å². The lowest BCUT2D eigenvalue weighted by Crippen LogP contribution is -2.34. The summed E-state index contributed by atoms with van der Waals surface area (Å²) in [6.07, 6.45) is 1.46. The highest BCUT2D eigenvalue weighted by Crippen LogP contribution is 2.15. The maximum Gasteiger partial charge on any atom is 0.225 e. The number of nitrogens with two attached hydrogens (primary N) is 1. The zero-order chi connectivity index (χ0) is 15.2. The normalized spacial score (nSPS) is 17.9. The van der Waals surface area contributed by atoms with Crippen molar-refractivity contribution in [3.8, 4) is 0 Å². The van der Waals surface area contributed by atoms with E-state index in [1.807, 2.05) is 19.2 Å². The van der Waals surface area contributed by atoms with Crippen molar-refractivity contribution >= 4 is 28.8 Å². The maximum atomic E-state index is 12.1. The zero-order valence-electron chi connectivity index (χ0n) is 12.2. The topological polar surface area (TPSA) is 67.6 Å². The summed E-state index contributed by atoms with van der Waals surface area (Å²) in [5.41, 5.74) is 7.01. The molecule has 114 valence electrons. The summed E-state index contributed by atoms with van der Waals surface area (Å²) in [5, 5.41) is 2.87. The van der Waals surface area contributed by atoms with Gasteiger partial charge in [0.25, 0.3) is 0 Å². The average molecular weight is 307 g/mol. The molecule has 1 aliphatic rings. The van der Waals surface area contributed by atoms with Gasteiger partial charge in [0.15, 0.2) is 0 Å². The molecule has 1 saturated heterocycles. The summed E-state index contributed by atoms with van der Waals surface area (Å²) < 4.78 is 5.35. The van der Waals surface area contributed by atoms with Gasteiger partial charge in [-0.15, -0.1) is 0 Å². The number of para-hydroxylation sites is 1. The first-order chi connectivity index (χ1) is 10.1. The van der Waals surface area contributed by atoms with Gasteiger partial charge in [-0.2, -0.15) is 0 Å². The van der Waals surface area contributed by atoms with Gasteiger partial charge in [-0.25, -0.2) is 0 Å². The third kappa shape index (κ3) is 4.49. The molecule has 0 radical (unpaired) electrons. The Balaban J connectivity index is 1.86. The van der Waals surface area contributed by atoms with E-state index in [1.54, 1.807) is 12.1 Å². The Kier molecular flexibility index (Phi) is 5.67. The fraction of sp³-hybridized carbons (Fsp3) is 0.467. The van der Waals surface area contributed by atoms with Gasteiger partial charge in [-0.1, -0.05) is 24.4 Å². The molecular weight excluding hydrogens is 286 g/mol. The van der Waals surface area contributed by atoms with Crippen molar-refractivity contribution in [3.05, 3.63) is 29.8 Å². The van der Waals surface area contributed by atoms with Gasteiger partial charge in [-0.05, 0) is 25.6 Å². The number of hydrogen-bond donors (Lipinski definition) is 2. The van der Waals surface area contributed by atoms with Crippen LogP contribution in [0.15, 0.2) is 24.3 Å². The molecule has 1 fully saturated rings. The van der Waals surface area contributed by atoms with E-state index < -0.39 is 0 Å². The first kappa shape index (κ1) is 15.9. The summed E-state index contributed by atoms with van der Waals surface area (Å²) in [6.45, 7) is 2.26. The van der Waals surface area contributed by atoms with E-state index >= 15 is 0 Å². The Labute approximate surface area is 130 Å². The summed E-state index contributed by atoms with van der Waals surface area (Å²) in [7, 11) is 2.02.